The highest BCUT2D eigenvalue weighted by Crippen LogP contribution is 2.61. The second-order valence-electron chi connectivity index (χ2n) is 10.2. The molecule has 4 aliphatic rings. The largest absolute Gasteiger partial charge is 0.465 e. The first-order chi connectivity index (χ1) is 17.9. The number of para-hydroxylation sites is 1. The number of anilines is 1. The van der Waals surface area contributed by atoms with Crippen molar-refractivity contribution in [2.75, 3.05) is 31.2 Å². The van der Waals surface area contributed by atoms with Crippen LogP contribution in [0.1, 0.15) is 37.7 Å². The lowest BCUT2D eigenvalue weighted by Crippen LogP contribution is -2.53. The van der Waals surface area contributed by atoms with Crippen molar-refractivity contribution in [1.29, 1.82) is 0 Å². The topological polar surface area (TPSA) is 87.2 Å². The quantitative estimate of drug-likeness (QED) is 0.332. The Morgan fingerprint density at radius 3 is 2.78 bits per heavy atom. The smallest absolute Gasteiger partial charge is 0.311 e. The number of esters is 1. The molecule has 1 N–H and O–H groups in total. The molecule has 0 radical (unpaired) electrons. The Bertz CT molecular complexity index is 1120. The number of allylic oxidation sites excluding steroid dienone is 1. The van der Waals surface area contributed by atoms with Crippen LogP contribution in [0.2, 0.25) is 5.02 Å². The maximum atomic E-state index is 14.4. The van der Waals surface area contributed by atoms with E-state index in [1.807, 2.05) is 37.3 Å². The van der Waals surface area contributed by atoms with E-state index in [1.165, 1.54) is 0 Å². The highest BCUT2D eigenvalue weighted by molar-refractivity contribution is 8.02. The Kier molecular flexibility index (Phi) is 7.70. The summed E-state index contributed by atoms with van der Waals surface area (Å²) in [5.74, 6) is -2.05. The van der Waals surface area contributed by atoms with Gasteiger partial charge in [-0.2, -0.15) is 0 Å². The monoisotopic (exact) mass is 544 g/mol. The molecule has 1 unspecified atom stereocenters. The standard InChI is InChI=1S/C28H33ClN2O5S/c1-18-10-8-11-19(29)23(18)30-15-9-13-28-22(21-20(37-28)12-4-2-7-17-36-27(21)35)25(33)31(24(28)26(30)34)14-5-3-6-16-32/h4,8-13,20-22,24,32H,2-3,5-7,14-17H2,1H3/b12-4-/t20-,21+,22+,24?,28+/m1/s1. The molecule has 1 spiro atoms. The molecule has 37 heavy (non-hydrogen) atoms. The Hall–Kier alpha value is -2.29. The summed E-state index contributed by atoms with van der Waals surface area (Å²) in [6.07, 6.45) is 11.6. The van der Waals surface area contributed by atoms with E-state index < -0.39 is 22.6 Å². The number of hydrogen-bond donors (Lipinski definition) is 1. The molecule has 2 fully saturated rings. The van der Waals surface area contributed by atoms with Gasteiger partial charge in [-0.3, -0.25) is 14.4 Å². The number of carbonyl (C=O) groups is 3. The van der Waals surface area contributed by atoms with Crippen molar-refractivity contribution in [2.24, 2.45) is 11.8 Å². The molecule has 1 aromatic rings. The van der Waals surface area contributed by atoms with Crippen molar-refractivity contribution in [1.82, 2.24) is 4.90 Å². The number of fused-ring (bicyclic) bond motifs is 2. The Morgan fingerprint density at radius 2 is 2.00 bits per heavy atom. The molecule has 0 bridgehead atoms. The number of aliphatic hydroxyl groups excluding tert-OH is 1. The number of amides is 2. The molecule has 7 nitrogen and oxygen atoms in total. The highest BCUT2D eigenvalue weighted by Gasteiger charge is 2.71. The number of nitrogens with zero attached hydrogens (tertiary/aromatic N) is 2. The summed E-state index contributed by atoms with van der Waals surface area (Å²) in [5, 5.41) is 9.46. The van der Waals surface area contributed by atoms with Crippen LogP contribution in [0.4, 0.5) is 5.69 Å². The zero-order chi connectivity index (χ0) is 26.2. The van der Waals surface area contributed by atoms with E-state index in [4.69, 9.17) is 16.3 Å². The van der Waals surface area contributed by atoms with E-state index in [-0.39, 0.29) is 29.6 Å². The van der Waals surface area contributed by atoms with E-state index in [0.29, 0.717) is 43.2 Å². The summed E-state index contributed by atoms with van der Waals surface area (Å²) in [6.45, 7) is 3.05. The van der Waals surface area contributed by atoms with E-state index in [9.17, 15) is 19.5 Å². The van der Waals surface area contributed by atoms with Gasteiger partial charge in [0.15, 0.2) is 0 Å². The van der Waals surface area contributed by atoms with Crippen LogP contribution < -0.4 is 4.90 Å². The summed E-state index contributed by atoms with van der Waals surface area (Å²) in [7, 11) is 0. The lowest BCUT2D eigenvalue weighted by Gasteiger charge is -2.35. The molecular formula is C28H33ClN2O5S. The molecule has 2 saturated heterocycles. The van der Waals surface area contributed by atoms with Gasteiger partial charge >= 0.3 is 5.97 Å². The molecule has 9 heteroatoms. The molecule has 4 aliphatic heterocycles. The van der Waals surface area contributed by atoms with Gasteiger partial charge in [-0.25, -0.2) is 0 Å². The van der Waals surface area contributed by atoms with Crippen molar-refractivity contribution >= 4 is 46.8 Å². The number of ether oxygens (including phenoxy) is 1. The van der Waals surface area contributed by atoms with Gasteiger partial charge in [0.1, 0.15) is 6.04 Å². The predicted molar refractivity (Wildman–Crippen MR) is 145 cm³/mol. The number of likely N-dealkylation sites (tertiary alicyclic amines) is 1. The minimum atomic E-state index is -0.882. The molecule has 198 valence electrons. The summed E-state index contributed by atoms with van der Waals surface area (Å²) >= 11 is 8.14. The third kappa shape index (κ3) is 4.51. The van der Waals surface area contributed by atoms with E-state index in [1.54, 1.807) is 27.6 Å². The molecule has 5 atom stereocenters. The second-order valence-corrected chi connectivity index (χ2v) is 12.0. The van der Waals surface area contributed by atoms with Gasteiger partial charge < -0.3 is 19.6 Å². The van der Waals surface area contributed by atoms with Gasteiger partial charge in [-0.1, -0.05) is 48.0 Å². The number of cyclic esters (lactones) is 1. The summed E-state index contributed by atoms with van der Waals surface area (Å²) in [4.78, 5) is 45.2. The van der Waals surface area contributed by atoms with Crippen molar-refractivity contribution in [3.05, 3.63) is 53.1 Å². The fourth-order valence-electron chi connectivity index (χ4n) is 6.23. The maximum absolute atomic E-state index is 14.4. The maximum Gasteiger partial charge on any atom is 0.311 e. The molecule has 5 rings (SSSR count). The average Bonchev–Trinajstić information content (AvgIpc) is 3.28. The Morgan fingerprint density at radius 1 is 1.16 bits per heavy atom. The van der Waals surface area contributed by atoms with Crippen LogP contribution in [0.15, 0.2) is 42.5 Å². The Labute approximate surface area is 226 Å². The average molecular weight is 545 g/mol. The number of unbranched alkanes of at least 4 members (excludes halogenated alkanes) is 2. The van der Waals surface area contributed by atoms with Crippen molar-refractivity contribution in [3.8, 4) is 0 Å². The molecule has 2 amide bonds. The van der Waals surface area contributed by atoms with Gasteiger partial charge in [0, 0.05) is 24.9 Å². The van der Waals surface area contributed by atoms with Crippen molar-refractivity contribution in [3.63, 3.8) is 0 Å². The molecule has 0 aromatic heterocycles. The van der Waals surface area contributed by atoms with Crippen LogP contribution in [-0.2, 0) is 19.1 Å². The molecule has 4 heterocycles. The zero-order valence-corrected chi connectivity index (χ0v) is 22.5. The summed E-state index contributed by atoms with van der Waals surface area (Å²) in [6, 6.07) is 4.78. The molecule has 0 saturated carbocycles. The van der Waals surface area contributed by atoms with Crippen LogP contribution in [0.5, 0.6) is 0 Å². The predicted octanol–water partition coefficient (Wildman–Crippen LogP) is 3.90. The first kappa shape index (κ1) is 26.3. The third-order valence-electron chi connectivity index (χ3n) is 7.87. The third-order valence-corrected chi connectivity index (χ3v) is 9.92. The zero-order valence-electron chi connectivity index (χ0n) is 21.0. The number of rotatable bonds is 6. The van der Waals surface area contributed by atoms with E-state index >= 15 is 0 Å². The van der Waals surface area contributed by atoms with Gasteiger partial charge in [0.05, 0.1) is 33.9 Å². The van der Waals surface area contributed by atoms with Gasteiger partial charge in [-0.15, -0.1) is 11.8 Å². The van der Waals surface area contributed by atoms with Gasteiger partial charge in [0.25, 0.3) is 5.91 Å². The number of thioether (sulfide) groups is 1. The number of aryl methyl sites for hydroxylation is 1. The first-order valence-corrected chi connectivity index (χ1v) is 14.3. The van der Waals surface area contributed by atoms with Gasteiger partial charge in [-0.05, 0) is 50.7 Å². The minimum Gasteiger partial charge on any atom is -0.465 e. The number of carbonyl (C=O) groups excluding carboxylic acids is 3. The lowest BCUT2D eigenvalue weighted by molar-refractivity contribution is -0.153. The van der Waals surface area contributed by atoms with Crippen molar-refractivity contribution < 1.29 is 24.2 Å². The van der Waals surface area contributed by atoms with Crippen LogP contribution in [0.3, 0.4) is 0 Å². The normalized spacial score (nSPS) is 32.1. The van der Waals surface area contributed by atoms with Crippen LogP contribution in [0.25, 0.3) is 0 Å². The summed E-state index contributed by atoms with van der Waals surface area (Å²) in [5.41, 5.74) is 1.53. The minimum absolute atomic E-state index is 0.0863. The molecular weight excluding hydrogens is 512 g/mol. The van der Waals surface area contributed by atoms with E-state index in [0.717, 1.165) is 24.8 Å². The number of hydrogen-bond acceptors (Lipinski definition) is 6. The second kappa shape index (κ2) is 10.8. The number of benzene rings is 1. The molecule has 0 aliphatic carbocycles. The highest BCUT2D eigenvalue weighted by atomic mass is 35.5. The fraction of sp³-hybridized carbons (Fsp3) is 0.536. The Balaban J connectivity index is 1.59. The molecule has 1 aromatic carbocycles. The first-order valence-electron chi connectivity index (χ1n) is 13.1. The van der Waals surface area contributed by atoms with Crippen LogP contribution >= 0.6 is 23.4 Å². The lowest BCUT2D eigenvalue weighted by atomic mass is 9.78. The fourth-order valence-corrected chi connectivity index (χ4v) is 8.56. The SMILES string of the molecule is Cc1cccc(Cl)c1N1CC=C[C@]23S[C@@H]4/C=C\CCCOC(=O)[C@@H]4[C@H]2C(=O)N(CCCCCO)C3C1=O. The number of aliphatic hydroxyl groups is 1. The van der Waals surface area contributed by atoms with Gasteiger partial charge in [0.2, 0.25) is 5.91 Å². The number of halogens is 1. The van der Waals surface area contributed by atoms with E-state index in [2.05, 4.69) is 6.08 Å². The van der Waals surface area contributed by atoms with Crippen LogP contribution in [-0.4, -0.2) is 70.1 Å². The van der Waals surface area contributed by atoms with Crippen LogP contribution in [0, 0.1) is 18.8 Å². The summed E-state index contributed by atoms with van der Waals surface area (Å²) < 4.78 is 4.73. The van der Waals surface area contributed by atoms with Crippen molar-refractivity contribution in [2.45, 2.75) is 55.1 Å².